The van der Waals surface area contributed by atoms with Crippen LogP contribution in [0.4, 0.5) is 15.9 Å². The topological polar surface area (TPSA) is 86.9 Å². The molecule has 2 heterocycles. The number of pyridine rings is 2. The van der Waals surface area contributed by atoms with Gasteiger partial charge < -0.3 is 15.6 Å². The van der Waals surface area contributed by atoms with Gasteiger partial charge in [-0.15, -0.1) is 0 Å². The Labute approximate surface area is 149 Å². The first-order valence-electron chi connectivity index (χ1n) is 7.98. The largest absolute Gasteiger partial charge is 0.365 e. The van der Waals surface area contributed by atoms with E-state index in [1.807, 2.05) is 0 Å². The molecule has 1 amide bonds. The molecule has 7 heteroatoms. The van der Waals surface area contributed by atoms with Gasteiger partial charge in [-0.3, -0.25) is 9.59 Å². The highest BCUT2D eigenvalue weighted by atomic mass is 19.1. The van der Waals surface area contributed by atoms with Crippen molar-refractivity contribution in [2.75, 3.05) is 10.6 Å². The minimum atomic E-state index is -0.595. The van der Waals surface area contributed by atoms with Gasteiger partial charge in [0.2, 0.25) is 5.56 Å². The fourth-order valence-corrected chi connectivity index (χ4v) is 2.40. The summed E-state index contributed by atoms with van der Waals surface area (Å²) < 4.78 is 12.8. The summed E-state index contributed by atoms with van der Waals surface area (Å²) in [5, 5.41) is 5.83. The number of nitrogens with one attached hydrogen (secondary N) is 3. The molecule has 0 unspecified atom stereocenters. The number of aromatic amines is 1. The van der Waals surface area contributed by atoms with Crippen molar-refractivity contribution >= 4 is 17.4 Å². The lowest BCUT2D eigenvalue weighted by atomic mass is 10.2. The molecule has 26 heavy (non-hydrogen) atoms. The smallest absolute Gasteiger partial charge is 0.259 e. The highest BCUT2D eigenvalue weighted by Crippen LogP contribution is 2.17. The van der Waals surface area contributed by atoms with E-state index >= 15 is 0 Å². The van der Waals surface area contributed by atoms with Gasteiger partial charge in [-0.05, 0) is 35.4 Å². The average molecular weight is 352 g/mol. The van der Waals surface area contributed by atoms with E-state index in [1.54, 1.807) is 54.9 Å². The molecular formula is C19H17FN4O2. The molecule has 6 nitrogen and oxygen atoms in total. The monoisotopic (exact) mass is 352 g/mol. The molecule has 132 valence electrons. The predicted molar refractivity (Wildman–Crippen MR) is 97.8 cm³/mol. The van der Waals surface area contributed by atoms with E-state index in [-0.39, 0.29) is 11.5 Å². The van der Waals surface area contributed by atoms with Crippen molar-refractivity contribution in [1.82, 2.24) is 9.97 Å². The Balaban J connectivity index is 1.74. The Morgan fingerprint density at radius 1 is 1.12 bits per heavy atom. The second-order valence-electron chi connectivity index (χ2n) is 5.60. The molecule has 0 radical (unpaired) electrons. The molecule has 0 aliphatic heterocycles. The maximum absolute atomic E-state index is 12.8. The Bertz CT molecular complexity index is 951. The third-order valence-corrected chi connectivity index (χ3v) is 3.70. The van der Waals surface area contributed by atoms with E-state index in [1.165, 1.54) is 6.07 Å². The standard InChI is InChI=1S/C19H17FN4O2/c20-10-13-3-1-4-15(9-13)24-19(26)16-5-2-8-21-18(16)23-12-14-6-7-17(25)22-11-14/h1-9,11H,10,12H2,(H,21,23)(H,22,25)(H,24,26). The zero-order valence-electron chi connectivity index (χ0n) is 13.8. The fraction of sp³-hybridized carbons (Fsp3) is 0.105. The summed E-state index contributed by atoms with van der Waals surface area (Å²) in [6, 6.07) is 13.1. The van der Waals surface area contributed by atoms with Crippen LogP contribution in [0.15, 0.2) is 65.7 Å². The highest BCUT2D eigenvalue weighted by Gasteiger charge is 2.12. The van der Waals surface area contributed by atoms with Crippen molar-refractivity contribution < 1.29 is 9.18 Å². The van der Waals surface area contributed by atoms with Crippen molar-refractivity contribution in [1.29, 1.82) is 0 Å². The summed E-state index contributed by atoms with van der Waals surface area (Å²) in [5.41, 5.74) is 2.04. The zero-order valence-corrected chi connectivity index (χ0v) is 13.8. The average Bonchev–Trinajstić information content (AvgIpc) is 2.68. The first-order valence-corrected chi connectivity index (χ1v) is 7.98. The van der Waals surface area contributed by atoms with Gasteiger partial charge in [-0.1, -0.05) is 18.2 Å². The summed E-state index contributed by atoms with van der Waals surface area (Å²) >= 11 is 0. The molecule has 3 rings (SSSR count). The van der Waals surface area contributed by atoms with Crippen molar-refractivity contribution in [3.8, 4) is 0 Å². The van der Waals surface area contributed by atoms with Gasteiger partial charge >= 0.3 is 0 Å². The number of amides is 1. The molecule has 0 bridgehead atoms. The van der Waals surface area contributed by atoms with Crippen molar-refractivity contribution in [2.24, 2.45) is 0 Å². The second kappa shape index (κ2) is 8.06. The summed E-state index contributed by atoms with van der Waals surface area (Å²) in [7, 11) is 0. The predicted octanol–water partition coefficient (Wildman–Crippen LogP) is 3.10. The van der Waals surface area contributed by atoms with E-state index in [4.69, 9.17) is 0 Å². The Hall–Kier alpha value is -3.48. The second-order valence-corrected chi connectivity index (χ2v) is 5.60. The minimum Gasteiger partial charge on any atom is -0.365 e. The molecule has 0 saturated heterocycles. The maximum atomic E-state index is 12.8. The number of H-pyrrole nitrogens is 1. The maximum Gasteiger partial charge on any atom is 0.259 e. The van der Waals surface area contributed by atoms with Crippen LogP contribution in [0.3, 0.4) is 0 Å². The lowest BCUT2D eigenvalue weighted by Gasteiger charge is -2.11. The summed E-state index contributed by atoms with van der Waals surface area (Å²) in [5.74, 6) is 0.0657. The molecule has 0 spiro atoms. The summed E-state index contributed by atoms with van der Waals surface area (Å²) in [4.78, 5) is 30.4. The van der Waals surface area contributed by atoms with Crippen LogP contribution in [0.2, 0.25) is 0 Å². The highest BCUT2D eigenvalue weighted by molar-refractivity contribution is 6.07. The van der Waals surface area contributed by atoms with Crippen LogP contribution in [0.1, 0.15) is 21.5 Å². The molecular weight excluding hydrogens is 335 g/mol. The first-order chi connectivity index (χ1) is 12.7. The number of hydrogen-bond donors (Lipinski definition) is 3. The van der Waals surface area contributed by atoms with E-state index in [0.717, 1.165) is 5.56 Å². The molecule has 0 atom stereocenters. The van der Waals surface area contributed by atoms with Crippen LogP contribution >= 0.6 is 0 Å². The van der Waals surface area contributed by atoms with Crippen LogP contribution in [-0.2, 0) is 13.2 Å². The Morgan fingerprint density at radius 2 is 2.00 bits per heavy atom. The number of anilines is 2. The van der Waals surface area contributed by atoms with Gasteiger partial charge in [-0.25, -0.2) is 9.37 Å². The number of halogens is 1. The molecule has 0 fully saturated rings. The number of nitrogens with zero attached hydrogens (tertiary/aromatic N) is 1. The number of rotatable bonds is 6. The Morgan fingerprint density at radius 3 is 2.77 bits per heavy atom. The van der Waals surface area contributed by atoms with Crippen LogP contribution in [0.25, 0.3) is 0 Å². The number of carbonyl (C=O) groups excluding carboxylic acids is 1. The number of carbonyl (C=O) groups is 1. The third-order valence-electron chi connectivity index (χ3n) is 3.70. The van der Waals surface area contributed by atoms with Gasteiger partial charge in [0.25, 0.3) is 5.91 Å². The molecule has 0 saturated carbocycles. The molecule has 0 aliphatic rings. The molecule has 0 aliphatic carbocycles. The van der Waals surface area contributed by atoms with E-state index in [2.05, 4.69) is 20.6 Å². The third kappa shape index (κ3) is 4.32. The fourth-order valence-electron chi connectivity index (χ4n) is 2.40. The first kappa shape index (κ1) is 17.3. The van der Waals surface area contributed by atoms with E-state index in [9.17, 15) is 14.0 Å². The number of aromatic nitrogens is 2. The SMILES string of the molecule is O=C(Nc1cccc(CF)c1)c1cccnc1NCc1ccc(=O)[nH]c1. The van der Waals surface area contributed by atoms with Crippen LogP contribution in [0.5, 0.6) is 0 Å². The van der Waals surface area contributed by atoms with Gasteiger partial charge in [-0.2, -0.15) is 0 Å². The summed E-state index contributed by atoms with van der Waals surface area (Å²) in [6.45, 7) is -0.200. The van der Waals surface area contributed by atoms with Crippen LogP contribution < -0.4 is 16.2 Å². The van der Waals surface area contributed by atoms with Gasteiger partial charge in [0, 0.05) is 30.7 Å². The number of benzene rings is 1. The Kier molecular flexibility index (Phi) is 5.38. The van der Waals surface area contributed by atoms with E-state index in [0.29, 0.717) is 29.2 Å². The number of alkyl halides is 1. The lowest BCUT2D eigenvalue weighted by Crippen LogP contribution is -2.16. The van der Waals surface area contributed by atoms with Crippen LogP contribution in [0, 0.1) is 0 Å². The van der Waals surface area contributed by atoms with Crippen LogP contribution in [-0.4, -0.2) is 15.9 Å². The van der Waals surface area contributed by atoms with Crippen molar-refractivity contribution in [2.45, 2.75) is 13.2 Å². The quantitative estimate of drug-likeness (QED) is 0.636. The van der Waals surface area contributed by atoms with Crippen molar-refractivity contribution in [3.05, 3.63) is 88.0 Å². The molecule has 3 aromatic rings. The zero-order chi connectivity index (χ0) is 18.4. The van der Waals surface area contributed by atoms with Gasteiger partial charge in [0.05, 0.1) is 5.56 Å². The van der Waals surface area contributed by atoms with Gasteiger partial charge in [0.15, 0.2) is 0 Å². The normalized spacial score (nSPS) is 10.3. The number of hydrogen-bond acceptors (Lipinski definition) is 4. The minimum absolute atomic E-state index is 0.179. The molecule has 2 aromatic heterocycles. The van der Waals surface area contributed by atoms with E-state index < -0.39 is 6.67 Å². The van der Waals surface area contributed by atoms with Crippen molar-refractivity contribution in [3.63, 3.8) is 0 Å². The summed E-state index contributed by atoms with van der Waals surface area (Å²) in [6.07, 6.45) is 3.18. The molecule has 1 aromatic carbocycles. The lowest BCUT2D eigenvalue weighted by molar-refractivity contribution is 0.102. The molecule has 3 N–H and O–H groups in total. The van der Waals surface area contributed by atoms with Gasteiger partial charge in [0.1, 0.15) is 12.5 Å².